The SMILES string of the molecule is CC(C)c1cnc2c(N(Cc3c(F)cccc3F)C(=O)OC(C)(C)C)cc(SC3CCN(C(=O)OC(C)(C)C)CC3)nn12. The molecule has 12 heteroatoms. The van der Waals surface area contributed by atoms with E-state index in [0.29, 0.717) is 29.5 Å². The van der Waals surface area contributed by atoms with E-state index in [-0.39, 0.29) is 22.8 Å². The highest BCUT2D eigenvalue weighted by Gasteiger charge is 2.31. The fourth-order valence-corrected chi connectivity index (χ4v) is 5.75. The van der Waals surface area contributed by atoms with Crippen molar-refractivity contribution in [2.45, 2.75) is 102 Å². The quantitative estimate of drug-likeness (QED) is 0.282. The van der Waals surface area contributed by atoms with Crippen LogP contribution >= 0.6 is 11.8 Å². The molecule has 0 aliphatic carbocycles. The van der Waals surface area contributed by atoms with E-state index in [2.05, 4.69) is 4.98 Å². The lowest BCUT2D eigenvalue weighted by atomic mass is 10.1. The average Bonchev–Trinajstić information content (AvgIpc) is 3.31. The molecular weight excluding hydrogens is 576 g/mol. The summed E-state index contributed by atoms with van der Waals surface area (Å²) in [6, 6.07) is 5.32. The number of piperidine rings is 1. The third-order valence-electron chi connectivity index (χ3n) is 6.71. The number of halogens is 2. The van der Waals surface area contributed by atoms with Crippen molar-refractivity contribution in [3.8, 4) is 0 Å². The molecule has 1 aliphatic rings. The number of carbonyl (C=O) groups is 2. The number of fused-ring (bicyclic) bond motifs is 1. The smallest absolute Gasteiger partial charge is 0.415 e. The maximum atomic E-state index is 14.8. The molecule has 43 heavy (non-hydrogen) atoms. The molecule has 1 aliphatic heterocycles. The van der Waals surface area contributed by atoms with Crippen LogP contribution in [0.3, 0.4) is 0 Å². The Labute approximate surface area is 255 Å². The van der Waals surface area contributed by atoms with Gasteiger partial charge in [-0.25, -0.2) is 27.9 Å². The largest absolute Gasteiger partial charge is 0.444 e. The first-order valence-corrected chi connectivity index (χ1v) is 15.4. The van der Waals surface area contributed by atoms with E-state index in [1.807, 2.05) is 34.6 Å². The predicted molar refractivity (Wildman–Crippen MR) is 163 cm³/mol. The third-order valence-corrected chi connectivity index (χ3v) is 7.95. The number of aromatic nitrogens is 3. The van der Waals surface area contributed by atoms with Crippen LogP contribution in [0.15, 0.2) is 35.5 Å². The van der Waals surface area contributed by atoms with Gasteiger partial charge in [0.25, 0.3) is 0 Å². The molecule has 0 N–H and O–H groups in total. The van der Waals surface area contributed by atoms with Gasteiger partial charge in [0.15, 0.2) is 5.65 Å². The Morgan fingerprint density at radius 3 is 2.21 bits per heavy atom. The van der Waals surface area contributed by atoms with Crippen molar-refractivity contribution >= 4 is 35.3 Å². The summed E-state index contributed by atoms with van der Waals surface area (Å²) >= 11 is 1.53. The molecule has 2 aromatic heterocycles. The van der Waals surface area contributed by atoms with Gasteiger partial charge in [0.2, 0.25) is 0 Å². The standard InChI is InChI=1S/C31H41F2N5O4S/c1-19(2)25-17-34-27-24(37(29(40)42-31(6,7)8)18-21-22(32)10-9-11-23(21)33)16-26(35-38(25)27)43-20-12-14-36(15-13-20)28(39)41-30(3,4)5/h9-11,16-17,19-20H,12-15,18H2,1-8H3. The van der Waals surface area contributed by atoms with Crippen molar-refractivity contribution in [1.29, 1.82) is 0 Å². The summed E-state index contributed by atoms with van der Waals surface area (Å²) in [7, 11) is 0. The molecule has 0 saturated carbocycles. The highest BCUT2D eigenvalue weighted by atomic mass is 32.2. The van der Waals surface area contributed by atoms with Crippen LogP contribution in [-0.4, -0.2) is 61.2 Å². The number of hydrogen-bond acceptors (Lipinski definition) is 7. The second-order valence-electron chi connectivity index (χ2n) is 13.0. The molecule has 4 rings (SSSR count). The topological polar surface area (TPSA) is 89.3 Å². The van der Waals surface area contributed by atoms with E-state index in [1.54, 1.807) is 42.4 Å². The van der Waals surface area contributed by atoms with Crippen molar-refractivity contribution in [3.05, 3.63) is 53.4 Å². The Hall–Kier alpha value is -3.41. The van der Waals surface area contributed by atoms with E-state index in [4.69, 9.17) is 14.6 Å². The number of rotatable bonds is 6. The van der Waals surface area contributed by atoms with Crippen molar-refractivity contribution in [1.82, 2.24) is 19.5 Å². The second-order valence-corrected chi connectivity index (χ2v) is 14.3. The van der Waals surface area contributed by atoms with Gasteiger partial charge in [0, 0.05) is 23.9 Å². The van der Waals surface area contributed by atoms with Crippen LogP contribution in [0.2, 0.25) is 0 Å². The third kappa shape index (κ3) is 8.16. The van der Waals surface area contributed by atoms with E-state index in [9.17, 15) is 18.4 Å². The van der Waals surface area contributed by atoms with Crippen LogP contribution in [0, 0.1) is 11.6 Å². The Morgan fingerprint density at radius 2 is 1.65 bits per heavy atom. The maximum Gasteiger partial charge on any atom is 0.415 e. The molecule has 234 valence electrons. The normalized spacial score (nSPS) is 14.8. The van der Waals surface area contributed by atoms with Gasteiger partial charge in [-0.1, -0.05) is 19.9 Å². The van der Waals surface area contributed by atoms with Gasteiger partial charge in [0.1, 0.15) is 27.9 Å². The van der Waals surface area contributed by atoms with Crippen LogP contribution in [-0.2, 0) is 16.0 Å². The molecule has 0 spiro atoms. The fourth-order valence-electron chi connectivity index (χ4n) is 4.66. The monoisotopic (exact) mass is 617 g/mol. The predicted octanol–water partition coefficient (Wildman–Crippen LogP) is 7.56. The molecule has 2 amide bonds. The Balaban J connectivity index is 1.71. The molecule has 0 bridgehead atoms. The van der Waals surface area contributed by atoms with Gasteiger partial charge in [-0.05, 0) is 78.5 Å². The first-order chi connectivity index (χ1) is 20.0. The minimum absolute atomic E-state index is 0.0617. The summed E-state index contributed by atoms with van der Waals surface area (Å²) in [5, 5.41) is 5.61. The summed E-state index contributed by atoms with van der Waals surface area (Å²) in [6.45, 7) is 15.4. The van der Waals surface area contributed by atoms with Crippen LogP contribution in [0.4, 0.5) is 24.1 Å². The molecule has 3 aromatic rings. The number of imidazole rings is 1. The molecule has 0 unspecified atom stereocenters. The Bertz CT molecular complexity index is 1450. The van der Waals surface area contributed by atoms with Gasteiger partial charge in [-0.2, -0.15) is 5.10 Å². The van der Waals surface area contributed by atoms with Crippen LogP contribution in [0.5, 0.6) is 0 Å². The number of nitrogens with zero attached hydrogens (tertiary/aromatic N) is 5. The number of likely N-dealkylation sites (tertiary alicyclic amines) is 1. The molecule has 3 heterocycles. The van der Waals surface area contributed by atoms with E-state index in [0.717, 1.165) is 30.7 Å². The number of carbonyl (C=O) groups excluding carboxylic acids is 2. The number of anilines is 1. The van der Waals surface area contributed by atoms with Crippen LogP contribution in [0.1, 0.15) is 85.4 Å². The maximum absolute atomic E-state index is 14.8. The molecule has 0 radical (unpaired) electrons. The molecule has 1 fully saturated rings. The van der Waals surface area contributed by atoms with Crippen molar-refractivity contribution in [3.63, 3.8) is 0 Å². The first kappa shape index (κ1) is 32.5. The molecule has 0 atom stereocenters. The average molecular weight is 618 g/mol. The summed E-state index contributed by atoms with van der Waals surface area (Å²) in [4.78, 5) is 33.7. The Kier molecular flexibility index (Phi) is 9.58. The molecular formula is C31H41F2N5O4S. The zero-order valence-electron chi connectivity index (χ0n) is 26.1. The summed E-state index contributed by atoms with van der Waals surface area (Å²) in [6.07, 6.45) is 2.04. The highest BCUT2D eigenvalue weighted by Crippen LogP contribution is 2.35. The van der Waals surface area contributed by atoms with Crippen molar-refractivity contribution in [2.75, 3.05) is 18.0 Å². The first-order valence-electron chi connectivity index (χ1n) is 14.5. The summed E-state index contributed by atoms with van der Waals surface area (Å²) in [5.74, 6) is -1.47. The van der Waals surface area contributed by atoms with E-state index >= 15 is 0 Å². The van der Waals surface area contributed by atoms with Crippen LogP contribution in [0.25, 0.3) is 5.65 Å². The van der Waals surface area contributed by atoms with Gasteiger partial charge in [-0.3, -0.25) is 4.90 Å². The summed E-state index contributed by atoms with van der Waals surface area (Å²) < 4.78 is 42.6. The lowest BCUT2D eigenvalue weighted by Crippen LogP contribution is -2.42. The van der Waals surface area contributed by atoms with Crippen molar-refractivity contribution in [2.24, 2.45) is 0 Å². The molecule has 9 nitrogen and oxygen atoms in total. The summed E-state index contributed by atoms with van der Waals surface area (Å²) in [5.41, 5.74) is -0.168. The van der Waals surface area contributed by atoms with E-state index in [1.165, 1.54) is 22.7 Å². The van der Waals surface area contributed by atoms with E-state index < -0.39 is 35.5 Å². The second kappa shape index (κ2) is 12.7. The highest BCUT2D eigenvalue weighted by molar-refractivity contribution is 7.99. The number of amides is 2. The zero-order valence-corrected chi connectivity index (χ0v) is 26.9. The number of benzene rings is 1. The van der Waals surface area contributed by atoms with Gasteiger partial charge in [-0.15, -0.1) is 11.8 Å². The van der Waals surface area contributed by atoms with Crippen LogP contribution < -0.4 is 4.90 Å². The lowest BCUT2D eigenvalue weighted by molar-refractivity contribution is 0.0219. The Morgan fingerprint density at radius 1 is 1.05 bits per heavy atom. The van der Waals surface area contributed by atoms with Gasteiger partial charge >= 0.3 is 12.2 Å². The molecule has 1 saturated heterocycles. The molecule has 1 aromatic carbocycles. The minimum Gasteiger partial charge on any atom is -0.444 e. The number of hydrogen-bond donors (Lipinski definition) is 0. The zero-order chi connectivity index (χ0) is 31.7. The van der Waals surface area contributed by atoms with Gasteiger partial charge < -0.3 is 14.4 Å². The number of thioether (sulfide) groups is 1. The fraction of sp³-hybridized carbons (Fsp3) is 0.548. The minimum atomic E-state index is -0.857. The lowest BCUT2D eigenvalue weighted by Gasteiger charge is -2.33. The van der Waals surface area contributed by atoms with Gasteiger partial charge in [0.05, 0.1) is 24.1 Å². The number of ether oxygens (including phenoxy) is 2. The van der Waals surface area contributed by atoms with Crippen molar-refractivity contribution < 1.29 is 27.8 Å².